The van der Waals surface area contributed by atoms with Crippen LogP contribution >= 0.6 is 0 Å². The van der Waals surface area contributed by atoms with Crippen LogP contribution in [0.1, 0.15) is 21.6 Å². The second kappa shape index (κ2) is 11.7. The Morgan fingerprint density at radius 2 is 1.97 bits per heavy atom. The Balaban J connectivity index is 0.00000341. The van der Waals surface area contributed by atoms with Crippen molar-refractivity contribution in [3.05, 3.63) is 65.1 Å². The van der Waals surface area contributed by atoms with E-state index in [4.69, 9.17) is 15.2 Å². The second-order valence-electron chi connectivity index (χ2n) is 6.30. The number of amides is 1. The van der Waals surface area contributed by atoms with Gasteiger partial charge in [0.25, 0.3) is 5.91 Å². The van der Waals surface area contributed by atoms with Gasteiger partial charge >= 0.3 is 0 Å². The summed E-state index contributed by atoms with van der Waals surface area (Å²) in [5, 5.41) is 12.7. The second-order valence-corrected chi connectivity index (χ2v) is 6.30. The highest BCUT2D eigenvalue weighted by molar-refractivity contribution is 5.95. The van der Waals surface area contributed by atoms with Crippen molar-refractivity contribution in [2.45, 2.75) is 13.2 Å². The van der Waals surface area contributed by atoms with E-state index in [9.17, 15) is 9.18 Å². The van der Waals surface area contributed by atoms with Crippen LogP contribution in [-0.2, 0) is 13.2 Å². The first kappa shape index (κ1) is 23.9. The molecule has 31 heavy (non-hydrogen) atoms. The number of methoxy groups -OCH3 is 1. The van der Waals surface area contributed by atoms with E-state index < -0.39 is 5.91 Å². The van der Waals surface area contributed by atoms with E-state index in [0.717, 1.165) is 5.56 Å². The van der Waals surface area contributed by atoms with Crippen molar-refractivity contribution in [3.63, 3.8) is 0 Å². The number of nitrogen functional groups attached to an aromatic ring is 1. The molecule has 0 aliphatic carbocycles. The fraction of sp³-hybridized carbons (Fsp3) is 0.250. The van der Waals surface area contributed by atoms with Crippen molar-refractivity contribution in [2.75, 3.05) is 25.9 Å². The molecular formula is C20H22ClFN5O4-. The van der Waals surface area contributed by atoms with Crippen LogP contribution in [0.15, 0.2) is 47.1 Å². The topological polar surface area (TPSA) is 125 Å². The molecular weight excluding hydrogens is 429 g/mol. The van der Waals surface area contributed by atoms with Gasteiger partial charge < -0.3 is 38.2 Å². The molecule has 0 saturated heterocycles. The highest BCUT2D eigenvalue weighted by Gasteiger charge is 2.15. The molecule has 2 aromatic carbocycles. The molecule has 0 aliphatic heterocycles. The summed E-state index contributed by atoms with van der Waals surface area (Å²) in [6.45, 7) is 1.54. The van der Waals surface area contributed by atoms with Crippen LogP contribution in [0.5, 0.6) is 11.5 Å². The predicted octanol–water partition coefficient (Wildman–Crippen LogP) is -1.10. The number of ether oxygens (including phenoxy) is 2. The molecule has 3 aromatic rings. The molecule has 0 saturated carbocycles. The van der Waals surface area contributed by atoms with Gasteiger partial charge in [0.15, 0.2) is 11.5 Å². The Bertz CT molecular complexity index is 1000. The molecule has 11 heteroatoms. The van der Waals surface area contributed by atoms with Crippen molar-refractivity contribution in [1.82, 2.24) is 20.9 Å². The molecule has 0 radical (unpaired) electrons. The molecule has 0 atom stereocenters. The molecule has 166 valence electrons. The molecule has 1 aromatic heterocycles. The Labute approximate surface area is 184 Å². The fourth-order valence-corrected chi connectivity index (χ4v) is 2.65. The van der Waals surface area contributed by atoms with E-state index >= 15 is 0 Å². The highest BCUT2D eigenvalue weighted by atomic mass is 35.5. The smallest absolute Gasteiger partial charge is 0.277 e. The number of anilines is 1. The van der Waals surface area contributed by atoms with Crippen LogP contribution in [0.3, 0.4) is 0 Å². The third kappa shape index (κ3) is 6.56. The van der Waals surface area contributed by atoms with E-state index in [1.54, 1.807) is 31.4 Å². The third-order valence-corrected chi connectivity index (χ3v) is 4.21. The number of hydrogen-bond acceptors (Lipinski definition) is 8. The summed E-state index contributed by atoms with van der Waals surface area (Å²) in [6.07, 6.45) is 0. The lowest BCUT2D eigenvalue weighted by atomic mass is 10.2. The number of hydrogen-bond donors (Lipinski definition) is 3. The maximum absolute atomic E-state index is 13.7. The summed E-state index contributed by atoms with van der Waals surface area (Å²) in [5.74, 6) is 0.258. The molecule has 0 bridgehead atoms. The van der Waals surface area contributed by atoms with Crippen LogP contribution in [0.4, 0.5) is 10.2 Å². The molecule has 0 fully saturated rings. The van der Waals surface area contributed by atoms with Crippen LogP contribution < -0.4 is 38.2 Å². The van der Waals surface area contributed by atoms with Gasteiger partial charge in [-0.15, -0.1) is 0 Å². The molecule has 1 amide bonds. The average molecular weight is 451 g/mol. The summed E-state index contributed by atoms with van der Waals surface area (Å²) < 4.78 is 29.2. The summed E-state index contributed by atoms with van der Waals surface area (Å²) in [5.41, 5.74) is 6.86. The molecule has 0 spiro atoms. The lowest BCUT2D eigenvalue weighted by molar-refractivity contribution is -0.0000162. The van der Waals surface area contributed by atoms with Crippen molar-refractivity contribution in [2.24, 2.45) is 0 Å². The van der Waals surface area contributed by atoms with Gasteiger partial charge in [-0.1, -0.05) is 24.3 Å². The largest absolute Gasteiger partial charge is 1.00 e. The van der Waals surface area contributed by atoms with Crippen molar-refractivity contribution in [1.29, 1.82) is 0 Å². The maximum Gasteiger partial charge on any atom is 0.277 e. The number of nitrogens with one attached hydrogen (secondary N) is 2. The minimum Gasteiger partial charge on any atom is -1.00 e. The third-order valence-electron chi connectivity index (χ3n) is 4.21. The summed E-state index contributed by atoms with van der Waals surface area (Å²) in [4.78, 5) is 11.8. The number of carbonyl (C=O) groups is 1. The van der Waals surface area contributed by atoms with Crippen LogP contribution in [0.25, 0.3) is 0 Å². The van der Waals surface area contributed by atoms with Crippen molar-refractivity contribution >= 4 is 11.7 Å². The fourth-order valence-electron chi connectivity index (χ4n) is 2.65. The first-order chi connectivity index (χ1) is 14.6. The van der Waals surface area contributed by atoms with Crippen LogP contribution in [-0.4, -0.2) is 36.4 Å². The first-order valence-electron chi connectivity index (χ1n) is 9.18. The van der Waals surface area contributed by atoms with E-state index in [1.165, 1.54) is 6.07 Å². The zero-order valence-electron chi connectivity index (χ0n) is 16.7. The molecule has 0 aliphatic rings. The van der Waals surface area contributed by atoms with Gasteiger partial charge in [-0.05, 0) is 34.1 Å². The highest BCUT2D eigenvalue weighted by Crippen LogP contribution is 2.29. The first-order valence-corrected chi connectivity index (χ1v) is 9.18. The number of halogens is 2. The molecule has 4 N–H and O–H groups in total. The van der Waals surface area contributed by atoms with Gasteiger partial charge in [0.1, 0.15) is 12.4 Å². The molecule has 9 nitrogen and oxygen atoms in total. The summed E-state index contributed by atoms with van der Waals surface area (Å²) in [6, 6.07) is 12.0. The summed E-state index contributed by atoms with van der Waals surface area (Å²) >= 11 is 0. The van der Waals surface area contributed by atoms with Gasteiger partial charge in [0.2, 0.25) is 11.5 Å². The Morgan fingerprint density at radius 1 is 1.16 bits per heavy atom. The van der Waals surface area contributed by atoms with Gasteiger partial charge in [-0.2, -0.15) is 0 Å². The maximum atomic E-state index is 13.7. The van der Waals surface area contributed by atoms with Crippen LogP contribution in [0.2, 0.25) is 0 Å². The van der Waals surface area contributed by atoms with E-state index in [-0.39, 0.29) is 36.3 Å². The minimum absolute atomic E-state index is 0. The SMILES string of the molecule is COc1cc(CNCCNC(=O)c2nonc2N)ccc1OCc1ccccc1F.[Cl-]. The quantitative estimate of drug-likeness (QED) is 0.333. The van der Waals surface area contributed by atoms with Gasteiger partial charge in [-0.25, -0.2) is 9.02 Å². The molecule has 1 heterocycles. The van der Waals surface area contributed by atoms with E-state index in [0.29, 0.717) is 36.7 Å². The zero-order valence-corrected chi connectivity index (χ0v) is 17.5. The normalized spacial score (nSPS) is 10.3. The molecule has 3 rings (SSSR count). The number of carbonyl (C=O) groups excluding carboxylic acids is 1. The number of nitrogens with zero attached hydrogens (tertiary/aromatic N) is 2. The average Bonchev–Trinajstić information content (AvgIpc) is 3.19. The van der Waals surface area contributed by atoms with E-state index in [1.807, 2.05) is 12.1 Å². The summed E-state index contributed by atoms with van der Waals surface area (Å²) in [7, 11) is 1.54. The monoisotopic (exact) mass is 450 g/mol. The van der Waals surface area contributed by atoms with E-state index in [2.05, 4.69) is 25.6 Å². The van der Waals surface area contributed by atoms with Crippen molar-refractivity contribution in [3.8, 4) is 11.5 Å². The van der Waals surface area contributed by atoms with Crippen molar-refractivity contribution < 1.29 is 35.7 Å². The Hall–Kier alpha value is -3.37. The Kier molecular flexibility index (Phi) is 9.04. The molecule has 0 unspecified atom stereocenters. The van der Waals surface area contributed by atoms with Gasteiger partial charge in [-0.3, -0.25) is 4.79 Å². The lowest BCUT2D eigenvalue weighted by Gasteiger charge is -2.13. The standard InChI is InChI=1S/C20H22FN5O4.ClH/c1-28-17-10-13(6-7-16(17)29-12-14-4-2-3-5-15(14)21)11-23-8-9-24-20(27)18-19(22)26-30-25-18;/h2-7,10,23H,8-9,11-12H2,1H3,(H2,22,26)(H,24,27);1H/p-1. The predicted molar refractivity (Wildman–Crippen MR) is 106 cm³/mol. The van der Waals surface area contributed by atoms with Crippen LogP contribution in [0, 0.1) is 5.82 Å². The lowest BCUT2D eigenvalue weighted by Crippen LogP contribution is -3.00. The Morgan fingerprint density at radius 3 is 2.68 bits per heavy atom. The van der Waals surface area contributed by atoms with Gasteiger partial charge in [0.05, 0.1) is 7.11 Å². The number of aromatic nitrogens is 2. The number of rotatable bonds is 10. The van der Waals surface area contributed by atoms with Gasteiger partial charge in [0, 0.05) is 25.2 Å². The zero-order chi connectivity index (χ0) is 21.3. The number of benzene rings is 2. The number of nitrogens with two attached hydrogens (primary N) is 1. The minimum atomic E-state index is -0.450.